The van der Waals surface area contributed by atoms with Crippen molar-refractivity contribution >= 4 is 23.3 Å². The number of anilines is 1. The van der Waals surface area contributed by atoms with Gasteiger partial charge in [0.15, 0.2) is 11.6 Å². The number of carbonyl (C=O) groups excluding carboxylic acids is 1. The van der Waals surface area contributed by atoms with Crippen LogP contribution in [0.5, 0.6) is 5.75 Å². The van der Waals surface area contributed by atoms with E-state index in [4.69, 9.17) is 26.4 Å². The van der Waals surface area contributed by atoms with E-state index in [0.29, 0.717) is 34.5 Å². The minimum atomic E-state index is -4.51. The van der Waals surface area contributed by atoms with Crippen molar-refractivity contribution in [2.45, 2.75) is 44.4 Å². The molecular formula is C29H28ClF3N6O2. The van der Waals surface area contributed by atoms with Crippen LogP contribution in [0.25, 0.3) is 22.8 Å². The monoisotopic (exact) mass is 584 g/mol. The number of carbonyl (C=O) groups is 1. The highest BCUT2D eigenvalue weighted by atomic mass is 35.5. The zero-order valence-electron chi connectivity index (χ0n) is 22.2. The summed E-state index contributed by atoms with van der Waals surface area (Å²) in [5, 5.41) is 7.81. The molecule has 2 amide bonds. The van der Waals surface area contributed by atoms with Gasteiger partial charge < -0.3 is 15.0 Å². The van der Waals surface area contributed by atoms with E-state index < -0.39 is 17.8 Å². The van der Waals surface area contributed by atoms with Crippen molar-refractivity contribution in [3.8, 4) is 28.5 Å². The summed E-state index contributed by atoms with van der Waals surface area (Å²) in [6, 6.07) is 13.1. The first-order chi connectivity index (χ1) is 19.7. The molecule has 214 valence electrons. The molecule has 2 aromatic carbocycles. The summed E-state index contributed by atoms with van der Waals surface area (Å²) in [4.78, 5) is 23.9. The molecule has 0 spiro atoms. The molecule has 0 radical (unpaired) electrons. The topological polar surface area (TPSA) is 85.2 Å². The number of benzene rings is 2. The number of pyridine rings is 1. The van der Waals surface area contributed by atoms with Gasteiger partial charge in [-0.15, -0.1) is 0 Å². The van der Waals surface area contributed by atoms with Gasteiger partial charge in [-0.1, -0.05) is 30.5 Å². The lowest BCUT2D eigenvalue weighted by Gasteiger charge is -2.29. The van der Waals surface area contributed by atoms with Gasteiger partial charge in [0.1, 0.15) is 5.75 Å². The number of urea groups is 1. The zero-order valence-corrected chi connectivity index (χ0v) is 23.0. The van der Waals surface area contributed by atoms with Crippen molar-refractivity contribution < 1.29 is 22.7 Å². The second-order valence-electron chi connectivity index (χ2n) is 9.71. The van der Waals surface area contributed by atoms with E-state index in [9.17, 15) is 18.0 Å². The SMILES string of the molecule is COc1ccc(-c2nc(-c3ccncc3)nn2CCN(C(=O)Nc2cccc(C(F)(F)F)c2)C2CCCC2)cc1Cl. The molecule has 41 heavy (non-hydrogen) atoms. The first kappa shape index (κ1) is 28.4. The number of rotatable bonds is 8. The lowest BCUT2D eigenvalue weighted by molar-refractivity contribution is -0.137. The summed E-state index contributed by atoms with van der Waals surface area (Å²) in [5.74, 6) is 1.55. The van der Waals surface area contributed by atoms with Crippen molar-refractivity contribution in [3.05, 3.63) is 77.6 Å². The largest absolute Gasteiger partial charge is 0.495 e. The molecule has 4 aromatic rings. The highest BCUT2D eigenvalue weighted by Gasteiger charge is 2.31. The van der Waals surface area contributed by atoms with Crippen LogP contribution < -0.4 is 10.1 Å². The molecule has 5 rings (SSSR count). The molecule has 2 heterocycles. The Morgan fingerprint density at radius 2 is 1.85 bits per heavy atom. The highest BCUT2D eigenvalue weighted by Crippen LogP contribution is 2.32. The Bertz CT molecular complexity index is 1510. The van der Waals surface area contributed by atoms with E-state index in [2.05, 4.69) is 10.3 Å². The molecule has 0 saturated heterocycles. The minimum Gasteiger partial charge on any atom is -0.495 e. The molecule has 0 unspecified atom stereocenters. The minimum absolute atomic E-state index is 0.0390. The third-order valence-corrected chi connectivity index (χ3v) is 7.34. The van der Waals surface area contributed by atoms with E-state index in [1.807, 2.05) is 6.07 Å². The summed E-state index contributed by atoms with van der Waals surface area (Å²) in [6.07, 6.45) is 2.38. The van der Waals surface area contributed by atoms with Crippen LogP contribution in [-0.2, 0) is 12.7 Å². The first-order valence-corrected chi connectivity index (χ1v) is 13.5. The number of aromatic nitrogens is 4. The predicted molar refractivity (Wildman–Crippen MR) is 150 cm³/mol. The Morgan fingerprint density at radius 3 is 2.54 bits per heavy atom. The zero-order chi connectivity index (χ0) is 29.0. The first-order valence-electron chi connectivity index (χ1n) is 13.2. The van der Waals surface area contributed by atoms with Crippen LogP contribution >= 0.6 is 11.6 Å². The predicted octanol–water partition coefficient (Wildman–Crippen LogP) is 7.16. The van der Waals surface area contributed by atoms with Gasteiger partial charge in [-0.2, -0.15) is 18.3 Å². The molecule has 0 aliphatic heterocycles. The second-order valence-corrected chi connectivity index (χ2v) is 10.1. The Hall–Kier alpha value is -4.12. The van der Waals surface area contributed by atoms with Crippen LogP contribution in [0.3, 0.4) is 0 Å². The molecular weight excluding hydrogens is 557 g/mol. The number of amides is 2. The molecule has 0 bridgehead atoms. The average Bonchev–Trinajstić information content (AvgIpc) is 3.64. The number of nitrogens with one attached hydrogen (secondary N) is 1. The van der Waals surface area contributed by atoms with E-state index in [-0.39, 0.29) is 18.3 Å². The molecule has 1 N–H and O–H groups in total. The van der Waals surface area contributed by atoms with Gasteiger partial charge >= 0.3 is 12.2 Å². The molecule has 1 aliphatic rings. The van der Waals surface area contributed by atoms with Crippen LogP contribution in [0.2, 0.25) is 5.02 Å². The normalized spacial score (nSPS) is 13.8. The number of halogens is 4. The lowest BCUT2D eigenvalue weighted by Crippen LogP contribution is -2.43. The Kier molecular flexibility index (Phi) is 8.44. The third-order valence-electron chi connectivity index (χ3n) is 7.04. The van der Waals surface area contributed by atoms with Gasteiger partial charge in [0, 0.05) is 41.8 Å². The number of nitrogens with zero attached hydrogens (tertiary/aromatic N) is 5. The van der Waals surface area contributed by atoms with E-state index in [1.54, 1.807) is 46.2 Å². The van der Waals surface area contributed by atoms with Crippen LogP contribution in [0, 0.1) is 0 Å². The summed E-state index contributed by atoms with van der Waals surface area (Å²) in [7, 11) is 1.53. The summed E-state index contributed by atoms with van der Waals surface area (Å²) in [6.45, 7) is 0.565. The standard InChI is InChI=1S/C29H28ClF3N6O2/c1-41-25-10-9-20(17-24(25)30)27-36-26(19-11-13-34-14-12-19)37-39(27)16-15-38(23-7-2-3-8-23)28(40)35-22-6-4-5-21(18-22)29(31,32)33/h4-6,9-14,17-18,23H,2-3,7-8,15-16H2,1H3,(H,35,40). The molecule has 1 fully saturated rings. The van der Waals surface area contributed by atoms with Gasteiger partial charge in [-0.3, -0.25) is 4.98 Å². The van der Waals surface area contributed by atoms with E-state index >= 15 is 0 Å². The molecule has 2 aromatic heterocycles. The number of methoxy groups -OCH3 is 1. The molecule has 0 atom stereocenters. The van der Waals surface area contributed by atoms with Gasteiger partial charge in [-0.25, -0.2) is 14.5 Å². The third kappa shape index (κ3) is 6.62. The van der Waals surface area contributed by atoms with Crippen molar-refractivity contribution in [1.29, 1.82) is 0 Å². The second kappa shape index (κ2) is 12.2. The number of ether oxygens (including phenoxy) is 1. The van der Waals surface area contributed by atoms with Gasteiger partial charge in [-0.05, 0) is 61.4 Å². The van der Waals surface area contributed by atoms with Gasteiger partial charge in [0.05, 0.1) is 24.2 Å². The fourth-order valence-electron chi connectivity index (χ4n) is 4.98. The van der Waals surface area contributed by atoms with Crippen molar-refractivity contribution in [3.63, 3.8) is 0 Å². The maximum atomic E-state index is 13.4. The van der Waals surface area contributed by atoms with Crippen molar-refractivity contribution in [2.75, 3.05) is 19.0 Å². The van der Waals surface area contributed by atoms with Gasteiger partial charge in [0.25, 0.3) is 0 Å². The van der Waals surface area contributed by atoms with Crippen molar-refractivity contribution in [1.82, 2.24) is 24.6 Å². The Balaban J connectivity index is 1.43. The van der Waals surface area contributed by atoms with Crippen LogP contribution in [0.15, 0.2) is 67.0 Å². The van der Waals surface area contributed by atoms with Crippen LogP contribution in [-0.4, -0.2) is 50.4 Å². The average molecular weight is 585 g/mol. The Morgan fingerprint density at radius 1 is 1.10 bits per heavy atom. The smallest absolute Gasteiger partial charge is 0.416 e. The number of hydrogen-bond donors (Lipinski definition) is 1. The summed E-state index contributed by atoms with van der Waals surface area (Å²) in [5.41, 5.74) is 0.748. The quantitative estimate of drug-likeness (QED) is 0.237. The Labute approximate surface area is 240 Å². The fourth-order valence-corrected chi connectivity index (χ4v) is 5.23. The highest BCUT2D eigenvalue weighted by molar-refractivity contribution is 6.32. The lowest BCUT2D eigenvalue weighted by atomic mass is 10.2. The summed E-state index contributed by atoms with van der Waals surface area (Å²) >= 11 is 6.40. The summed E-state index contributed by atoms with van der Waals surface area (Å²) < 4.78 is 46.7. The maximum Gasteiger partial charge on any atom is 0.416 e. The molecule has 8 nitrogen and oxygen atoms in total. The fraction of sp³-hybridized carbons (Fsp3) is 0.310. The maximum absolute atomic E-state index is 13.4. The molecule has 1 saturated carbocycles. The van der Waals surface area contributed by atoms with E-state index in [1.165, 1.54) is 19.2 Å². The van der Waals surface area contributed by atoms with Crippen LogP contribution in [0.1, 0.15) is 31.2 Å². The number of hydrogen-bond acceptors (Lipinski definition) is 5. The van der Waals surface area contributed by atoms with Crippen LogP contribution in [0.4, 0.5) is 23.7 Å². The van der Waals surface area contributed by atoms with Gasteiger partial charge in [0.2, 0.25) is 0 Å². The van der Waals surface area contributed by atoms with Crippen molar-refractivity contribution in [2.24, 2.45) is 0 Å². The molecule has 12 heteroatoms. The molecule has 1 aliphatic carbocycles. The van der Waals surface area contributed by atoms with E-state index in [0.717, 1.165) is 43.4 Å². The number of alkyl halides is 3.